The van der Waals surface area contributed by atoms with Crippen LogP contribution in [0, 0.1) is 0 Å². The molecule has 0 aliphatic rings. The zero-order chi connectivity index (χ0) is 14.2. The van der Waals surface area contributed by atoms with Crippen LogP contribution in [0.3, 0.4) is 0 Å². The molecule has 0 aliphatic carbocycles. The first kappa shape index (κ1) is 14.3. The maximum absolute atomic E-state index is 11.7. The van der Waals surface area contributed by atoms with E-state index in [4.69, 9.17) is 4.74 Å². The molecule has 0 spiro atoms. The van der Waals surface area contributed by atoms with Crippen molar-refractivity contribution in [1.29, 1.82) is 0 Å². The smallest absolute Gasteiger partial charge is 0.306 e. The van der Waals surface area contributed by atoms with E-state index in [0.29, 0.717) is 19.4 Å². The van der Waals surface area contributed by atoms with Crippen molar-refractivity contribution in [1.82, 2.24) is 4.98 Å². The highest BCUT2D eigenvalue weighted by atomic mass is 16.5. The van der Waals surface area contributed by atoms with Crippen LogP contribution in [-0.4, -0.2) is 11.0 Å². The Morgan fingerprint density at radius 1 is 1.10 bits per heavy atom. The molecule has 0 radical (unpaired) electrons. The normalized spacial score (nSPS) is 10.2. The number of aromatic nitrogens is 1. The molecule has 0 atom stereocenters. The average Bonchev–Trinajstić information content (AvgIpc) is 2.52. The predicted octanol–water partition coefficient (Wildman–Crippen LogP) is 3.32. The molecular weight excluding hydrogens is 250 g/mol. The van der Waals surface area contributed by atoms with Crippen molar-refractivity contribution in [3.05, 3.63) is 65.5 Å². The Bertz CT molecular complexity index is 535. The molecule has 0 unspecified atom stereocenters. The van der Waals surface area contributed by atoms with Crippen molar-refractivity contribution >= 4 is 5.97 Å². The molecular formula is C17H19NO2. The molecule has 0 bridgehead atoms. The number of aryl methyl sites for hydroxylation is 2. The van der Waals surface area contributed by atoms with Crippen LogP contribution in [0.25, 0.3) is 0 Å². The van der Waals surface area contributed by atoms with Gasteiger partial charge in [0.05, 0.1) is 6.42 Å². The number of ether oxygens (including phenoxy) is 1. The second kappa shape index (κ2) is 7.43. The maximum Gasteiger partial charge on any atom is 0.306 e. The Kier molecular flexibility index (Phi) is 5.30. The van der Waals surface area contributed by atoms with Crippen LogP contribution >= 0.6 is 0 Å². The fraction of sp³-hybridized carbons (Fsp3) is 0.294. The topological polar surface area (TPSA) is 39.2 Å². The van der Waals surface area contributed by atoms with Crippen LogP contribution in [-0.2, 0) is 29.0 Å². The van der Waals surface area contributed by atoms with E-state index in [1.807, 2.05) is 42.6 Å². The number of benzene rings is 1. The van der Waals surface area contributed by atoms with Gasteiger partial charge < -0.3 is 4.74 Å². The Hall–Kier alpha value is -2.16. The summed E-state index contributed by atoms with van der Waals surface area (Å²) in [6.45, 7) is 2.43. The molecule has 0 saturated heterocycles. The van der Waals surface area contributed by atoms with E-state index >= 15 is 0 Å². The molecule has 1 aromatic heterocycles. The lowest BCUT2D eigenvalue weighted by atomic mass is 10.1. The first-order valence-electron chi connectivity index (χ1n) is 6.91. The number of nitrogens with zero attached hydrogens (tertiary/aromatic N) is 1. The third kappa shape index (κ3) is 4.50. The average molecular weight is 269 g/mol. The Balaban J connectivity index is 1.74. The van der Waals surface area contributed by atoms with E-state index in [-0.39, 0.29) is 5.97 Å². The third-order valence-electron chi connectivity index (χ3n) is 3.12. The summed E-state index contributed by atoms with van der Waals surface area (Å²) in [7, 11) is 0. The SMILES string of the molecule is CCc1ccc(CCC(=O)OCc2ccccc2)nc1. The second-order valence-electron chi connectivity index (χ2n) is 4.66. The summed E-state index contributed by atoms with van der Waals surface area (Å²) in [5.41, 5.74) is 3.14. The first-order valence-corrected chi connectivity index (χ1v) is 6.91. The second-order valence-corrected chi connectivity index (χ2v) is 4.66. The van der Waals surface area contributed by atoms with Crippen molar-refractivity contribution < 1.29 is 9.53 Å². The standard InChI is InChI=1S/C17H19NO2/c1-2-14-8-9-16(18-12-14)10-11-17(19)20-13-15-6-4-3-5-7-15/h3-9,12H,2,10-11,13H2,1H3. The van der Waals surface area contributed by atoms with Crippen LogP contribution < -0.4 is 0 Å². The maximum atomic E-state index is 11.7. The number of hydrogen-bond acceptors (Lipinski definition) is 3. The van der Waals surface area contributed by atoms with Crippen LogP contribution in [0.4, 0.5) is 0 Å². The lowest BCUT2D eigenvalue weighted by Crippen LogP contribution is -2.06. The molecule has 104 valence electrons. The van der Waals surface area contributed by atoms with E-state index < -0.39 is 0 Å². The fourth-order valence-electron chi connectivity index (χ4n) is 1.85. The van der Waals surface area contributed by atoms with Crippen molar-refractivity contribution in [3.8, 4) is 0 Å². The number of pyridine rings is 1. The molecule has 3 nitrogen and oxygen atoms in total. The molecule has 3 heteroatoms. The van der Waals surface area contributed by atoms with Gasteiger partial charge in [-0.3, -0.25) is 9.78 Å². The summed E-state index contributed by atoms with van der Waals surface area (Å²) >= 11 is 0. The fourth-order valence-corrected chi connectivity index (χ4v) is 1.85. The van der Waals surface area contributed by atoms with Crippen LogP contribution in [0.2, 0.25) is 0 Å². The quantitative estimate of drug-likeness (QED) is 0.755. The van der Waals surface area contributed by atoms with Gasteiger partial charge in [0.25, 0.3) is 0 Å². The number of hydrogen-bond donors (Lipinski definition) is 0. The molecule has 2 aromatic rings. The molecule has 1 heterocycles. The Labute approximate surface area is 119 Å². The summed E-state index contributed by atoms with van der Waals surface area (Å²) in [5.74, 6) is -0.185. The van der Waals surface area contributed by atoms with Gasteiger partial charge in [-0.2, -0.15) is 0 Å². The van der Waals surface area contributed by atoms with E-state index in [0.717, 1.165) is 17.7 Å². The molecule has 0 saturated carbocycles. The predicted molar refractivity (Wildman–Crippen MR) is 78.2 cm³/mol. The van der Waals surface area contributed by atoms with Gasteiger partial charge in [-0.1, -0.05) is 43.3 Å². The minimum atomic E-state index is -0.185. The summed E-state index contributed by atoms with van der Waals surface area (Å²) in [4.78, 5) is 16.0. The summed E-state index contributed by atoms with van der Waals surface area (Å²) in [5, 5.41) is 0. The zero-order valence-corrected chi connectivity index (χ0v) is 11.7. The largest absolute Gasteiger partial charge is 0.461 e. The molecule has 0 N–H and O–H groups in total. The van der Waals surface area contributed by atoms with E-state index in [2.05, 4.69) is 18.0 Å². The van der Waals surface area contributed by atoms with Gasteiger partial charge in [-0.15, -0.1) is 0 Å². The highest BCUT2D eigenvalue weighted by Gasteiger charge is 2.05. The summed E-state index contributed by atoms with van der Waals surface area (Å²) in [6.07, 6.45) is 3.83. The first-order chi connectivity index (χ1) is 9.78. The summed E-state index contributed by atoms with van der Waals surface area (Å²) in [6, 6.07) is 13.7. The van der Waals surface area contributed by atoms with Crippen molar-refractivity contribution in [2.75, 3.05) is 0 Å². The van der Waals surface area contributed by atoms with Gasteiger partial charge in [0.2, 0.25) is 0 Å². The minimum Gasteiger partial charge on any atom is -0.461 e. The minimum absolute atomic E-state index is 0.185. The van der Waals surface area contributed by atoms with E-state index in [1.165, 1.54) is 5.56 Å². The van der Waals surface area contributed by atoms with Crippen molar-refractivity contribution in [2.24, 2.45) is 0 Å². The highest BCUT2D eigenvalue weighted by molar-refractivity contribution is 5.69. The molecule has 2 rings (SSSR count). The lowest BCUT2D eigenvalue weighted by Gasteiger charge is -2.05. The van der Waals surface area contributed by atoms with Gasteiger partial charge >= 0.3 is 5.97 Å². The van der Waals surface area contributed by atoms with Gasteiger partial charge in [0, 0.05) is 18.3 Å². The van der Waals surface area contributed by atoms with E-state index in [1.54, 1.807) is 0 Å². The van der Waals surface area contributed by atoms with E-state index in [9.17, 15) is 4.79 Å². The highest BCUT2D eigenvalue weighted by Crippen LogP contribution is 2.06. The van der Waals surface area contributed by atoms with Crippen molar-refractivity contribution in [2.45, 2.75) is 32.8 Å². The molecule has 0 aliphatic heterocycles. The third-order valence-corrected chi connectivity index (χ3v) is 3.12. The Morgan fingerprint density at radius 3 is 2.55 bits per heavy atom. The molecule has 0 amide bonds. The van der Waals surface area contributed by atoms with Gasteiger partial charge in [-0.05, 0) is 23.6 Å². The number of esters is 1. The number of carbonyl (C=O) groups is 1. The lowest BCUT2D eigenvalue weighted by molar-refractivity contribution is -0.144. The van der Waals surface area contributed by atoms with Gasteiger partial charge in [0.15, 0.2) is 0 Å². The Morgan fingerprint density at radius 2 is 1.90 bits per heavy atom. The van der Waals surface area contributed by atoms with Crippen LogP contribution in [0.15, 0.2) is 48.7 Å². The number of rotatable bonds is 6. The van der Waals surface area contributed by atoms with Gasteiger partial charge in [-0.25, -0.2) is 0 Å². The zero-order valence-electron chi connectivity index (χ0n) is 11.7. The monoisotopic (exact) mass is 269 g/mol. The van der Waals surface area contributed by atoms with Crippen LogP contribution in [0.1, 0.15) is 30.2 Å². The molecule has 0 fully saturated rings. The molecule has 20 heavy (non-hydrogen) atoms. The van der Waals surface area contributed by atoms with Crippen LogP contribution in [0.5, 0.6) is 0 Å². The summed E-state index contributed by atoms with van der Waals surface area (Å²) < 4.78 is 5.23. The number of carbonyl (C=O) groups excluding carboxylic acids is 1. The van der Waals surface area contributed by atoms with Gasteiger partial charge in [0.1, 0.15) is 6.61 Å². The van der Waals surface area contributed by atoms with Crippen molar-refractivity contribution in [3.63, 3.8) is 0 Å². The molecule has 1 aromatic carbocycles.